The highest BCUT2D eigenvalue weighted by molar-refractivity contribution is 9.10. The van der Waals surface area contributed by atoms with Crippen LogP contribution in [0, 0.1) is 0 Å². The summed E-state index contributed by atoms with van der Waals surface area (Å²) >= 11 is 3.35. The van der Waals surface area contributed by atoms with E-state index < -0.39 is 0 Å². The number of aromatic nitrogens is 1. The van der Waals surface area contributed by atoms with E-state index >= 15 is 0 Å². The molecule has 0 saturated heterocycles. The SMILES string of the molecule is CCC(C)c1ccnc(Br)c1. The average Bonchev–Trinajstić information content (AvgIpc) is 2.03. The third-order valence-electron chi connectivity index (χ3n) is 1.93. The first-order chi connectivity index (χ1) is 5.24. The van der Waals surface area contributed by atoms with Crippen molar-refractivity contribution in [2.45, 2.75) is 26.2 Å². The van der Waals surface area contributed by atoms with Crippen LogP contribution in [0.5, 0.6) is 0 Å². The summed E-state index contributed by atoms with van der Waals surface area (Å²) in [4.78, 5) is 4.07. The van der Waals surface area contributed by atoms with Gasteiger partial charge in [-0.25, -0.2) is 4.98 Å². The van der Waals surface area contributed by atoms with Crippen molar-refractivity contribution >= 4 is 15.9 Å². The minimum absolute atomic E-state index is 0.634. The lowest BCUT2D eigenvalue weighted by atomic mass is 10.0. The fraction of sp³-hybridized carbons (Fsp3) is 0.444. The fourth-order valence-corrected chi connectivity index (χ4v) is 1.34. The second kappa shape index (κ2) is 3.86. The lowest BCUT2D eigenvalue weighted by Gasteiger charge is -2.07. The van der Waals surface area contributed by atoms with E-state index in [-0.39, 0.29) is 0 Å². The van der Waals surface area contributed by atoms with Crippen molar-refractivity contribution in [3.05, 3.63) is 28.5 Å². The first-order valence-electron chi connectivity index (χ1n) is 3.85. The maximum absolute atomic E-state index is 4.07. The Morgan fingerprint density at radius 1 is 1.64 bits per heavy atom. The number of nitrogens with zero attached hydrogens (tertiary/aromatic N) is 1. The van der Waals surface area contributed by atoms with Crippen molar-refractivity contribution in [1.82, 2.24) is 4.98 Å². The molecule has 1 atom stereocenters. The summed E-state index contributed by atoms with van der Waals surface area (Å²) in [7, 11) is 0. The molecule has 0 amide bonds. The highest BCUT2D eigenvalue weighted by Gasteiger charge is 2.01. The molecule has 0 saturated carbocycles. The maximum Gasteiger partial charge on any atom is 0.106 e. The normalized spacial score (nSPS) is 13.0. The summed E-state index contributed by atoms with van der Waals surface area (Å²) in [6.45, 7) is 4.42. The molecule has 1 rings (SSSR count). The van der Waals surface area contributed by atoms with Gasteiger partial charge in [-0.2, -0.15) is 0 Å². The number of hydrogen-bond donors (Lipinski definition) is 0. The molecule has 0 aliphatic carbocycles. The predicted molar refractivity (Wildman–Crippen MR) is 50.6 cm³/mol. The molecule has 0 aliphatic heterocycles. The molecule has 1 aromatic rings. The van der Waals surface area contributed by atoms with Crippen LogP contribution in [0.3, 0.4) is 0 Å². The highest BCUT2D eigenvalue weighted by atomic mass is 79.9. The van der Waals surface area contributed by atoms with Crippen LogP contribution >= 0.6 is 15.9 Å². The van der Waals surface area contributed by atoms with Crippen LogP contribution in [-0.4, -0.2) is 4.98 Å². The van der Waals surface area contributed by atoms with Gasteiger partial charge in [0, 0.05) is 6.20 Å². The van der Waals surface area contributed by atoms with Gasteiger partial charge in [0.25, 0.3) is 0 Å². The van der Waals surface area contributed by atoms with Crippen LogP contribution in [-0.2, 0) is 0 Å². The van der Waals surface area contributed by atoms with Gasteiger partial charge in [-0.15, -0.1) is 0 Å². The van der Waals surface area contributed by atoms with Gasteiger partial charge >= 0.3 is 0 Å². The molecule has 0 aliphatic rings. The van der Waals surface area contributed by atoms with Crippen molar-refractivity contribution in [1.29, 1.82) is 0 Å². The minimum atomic E-state index is 0.634. The molecule has 0 N–H and O–H groups in total. The molecule has 0 spiro atoms. The molecule has 0 bridgehead atoms. The van der Waals surface area contributed by atoms with Crippen molar-refractivity contribution in [2.24, 2.45) is 0 Å². The van der Waals surface area contributed by atoms with Gasteiger partial charge in [0.15, 0.2) is 0 Å². The topological polar surface area (TPSA) is 12.9 Å². The Morgan fingerprint density at radius 2 is 2.36 bits per heavy atom. The smallest absolute Gasteiger partial charge is 0.106 e. The maximum atomic E-state index is 4.07. The molecule has 11 heavy (non-hydrogen) atoms. The van der Waals surface area contributed by atoms with E-state index in [1.807, 2.05) is 6.20 Å². The highest BCUT2D eigenvalue weighted by Crippen LogP contribution is 2.19. The molecular weight excluding hydrogens is 202 g/mol. The van der Waals surface area contributed by atoms with Gasteiger partial charge in [-0.05, 0) is 46.0 Å². The summed E-state index contributed by atoms with van der Waals surface area (Å²) < 4.78 is 0.926. The summed E-state index contributed by atoms with van der Waals surface area (Å²) in [6, 6.07) is 4.15. The first kappa shape index (κ1) is 8.72. The Hall–Kier alpha value is -0.370. The second-order valence-electron chi connectivity index (χ2n) is 2.72. The monoisotopic (exact) mass is 213 g/mol. The Kier molecular flexibility index (Phi) is 3.06. The van der Waals surface area contributed by atoms with E-state index in [0.717, 1.165) is 4.60 Å². The standard InChI is InChI=1S/C9H12BrN/c1-3-7(2)8-4-5-11-9(10)6-8/h4-7H,3H2,1-2H3. The van der Waals surface area contributed by atoms with Crippen molar-refractivity contribution < 1.29 is 0 Å². The summed E-state index contributed by atoms with van der Waals surface area (Å²) in [5, 5.41) is 0. The van der Waals surface area contributed by atoms with Crippen LogP contribution in [0.4, 0.5) is 0 Å². The van der Waals surface area contributed by atoms with Gasteiger partial charge in [0.2, 0.25) is 0 Å². The molecule has 1 nitrogen and oxygen atoms in total. The Morgan fingerprint density at radius 3 is 2.91 bits per heavy atom. The number of rotatable bonds is 2. The van der Waals surface area contributed by atoms with Gasteiger partial charge in [-0.1, -0.05) is 13.8 Å². The number of pyridine rings is 1. The summed E-state index contributed by atoms with van der Waals surface area (Å²) in [6.07, 6.45) is 3.02. The van der Waals surface area contributed by atoms with Crippen LogP contribution in [0.1, 0.15) is 31.7 Å². The van der Waals surface area contributed by atoms with Crippen molar-refractivity contribution in [2.75, 3.05) is 0 Å². The quantitative estimate of drug-likeness (QED) is 0.688. The van der Waals surface area contributed by atoms with E-state index in [4.69, 9.17) is 0 Å². The molecule has 60 valence electrons. The lowest BCUT2D eigenvalue weighted by molar-refractivity contribution is 0.731. The van der Waals surface area contributed by atoms with Crippen LogP contribution in [0.2, 0.25) is 0 Å². The predicted octanol–water partition coefficient (Wildman–Crippen LogP) is 3.36. The third-order valence-corrected chi connectivity index (χ3v) is 2.37. The van der Waals surface area contributed by atoms with E-state index in [0.29, 0.717) is 5.92 Å². The molecule has 2 heteroatoms. The zero-order valence-electron chi connectivity index (χ0n) is 6.84. The zero-order chi connectivity index (χ0) is 8.27. The molecule has 1 unspecified atom stereocenters. The summed E-state index contributed by atoms with van der Waals surface area (Å²) in [5.41, 5.74) is 1.36. The van der Waals surface area contributed by atoms with Crippen LogP contribution < -0.4 is 0 Å². The molecular formula is C9H12BrN. The van der Waals surface area contributed by atoms with E-state index in [2.05, 4.69) is 46.9 Å². The van der Waals surface area contributed by atoms with E-state index in [1.54, 1.807) is 0 Å². The lowest BCUT2D eigenvalue weighted by Crippen LogP contribution is -1.91. The van der Waals surface area contributed by atoms with Gasteiger partial charge in [0.1, 0.15) is 4.60 Å². The Labute approximate surface area is 76.0 Å². The van der Waals surface area contributed by atoms with Crippen molar-refractivity contribution in [3.63, 3.8) is 0 Å². The van der Waals surface area contributed by atoms with Crippen molar-refractivity contribution in [3.8, 4) is 0 Å². The van der Waals surface area contributed by atoms with Gasteiger partial charge in [-0.3, -0.25) is 0 Å². The van der Waals surface area contributed by atoms with Crippen LogP contribution in [0.25, 0.3) is 0 Å². The molecule has 0 aromatic carbocycles. The third kappa shape index (κ3) is 2.29. The van der Waals surface area contributed by atoms with E-state index in [1.165, 1.54) is 12.0 Å². The Balaban J connectivity index is 2.86. The molecule has 0 fully saturated rings. The molecule has 1 heterocycles. The second-order valence-corrected chi connectivity index (χ2v) is 3.53. The molecule has 0 radical (unpaired) electrons. The minimum Gasteiger partial charge on any atom is -0.249 e. The van der Waals surface area contributed by atoms with Gasteiger partial charge in [0.05, 0.1) is 0 Å². The Bertz CT molecular complexity index is 235. The van der Waals surface area contributed by atoms with E-state index in [9.17, 15) is 0 Å². The van der Waals surface area contributed by atoms with Crippen LogP contribution in [0.15, 0.2) is 22.9 Å². The van der Waals surface area contributed by atoms with Gasteiger partial charge < -0.3 is 0 Å². The number of halogens is 1. The zero-order valence-corrected chi connectivity index (χ0v) is 8.43. The number of hydrogen-bond acceptors (Lipinski definition) is 1. The summed E-state index contributed by atoms with van der Waals surface area (Å²) in [5.74, 6) is 0.634. The largest absolute Gasteiger partial charge is 0.249 e. The fourth-order valence-electron chi connectivity index (χ4n) is 0.960. The average molecular weight is 214 g/mol. The first-order valence-corrected chi connectivity index (χ1v) is 4.64. The molecule has 1 aromatic heterocycles.